The standard InChI is InChI=1S/C17H14FN5O2/c18-14-5-1-13(2-6-14)11-25-15-7-3-12(4-8-15)9-19-22-17-21-16(24)10-20-23-17/h1-10H,11H2,(H2,21,22,23,24)/b19-9+. The van der Waals surface area contributed by atoms with Crippen LogP contribution in [0.15, 0.2) is 64.6 Å². The van der Waals surface area contributed by atoms with E-state index in [0.29, 0.717) is 12.4 Å². The van der Waals surface area contributed by atoms with Crippen LogP contribution in [0.3, 0.4) is 0 Å². The van der Waals surface area contributed by atoms with Gasteiger partial charge in [0.25, 0.3) is 5.56 Å². The van der Waals surface area contributed by atoms with Crippen LogP contribution >= 0.6 is 0 Å². The van der Waals surface area contributed by atoms with Gasteiger partial charge in [-0.05, 0) is 47.5 Å². The predicted molar refractivity (Wildman–Crippen MR) is 91.0 cm³/mol. The van der Waals surface area contributed by atoms with Crippen LogP contribution in [0.4, 0.5) is 10.3 Å². The quantitative estimate of drug-likeness (QED) is 0.531. The largest absolute Gasteiger partial charge is 0.489 e. The van der Waals surface area contributed by atoms with E-state index < -0.39 is 0 Å². The van der Waals surface area contributed by atoms with Crippen molar-refractivity contribution in [1.29, 1.82) is 0 Å². The molecule has 0 saturated carbocycles. The number of hydrogen-bond acceptors (Lipinski definition) is 6. The van der Waals surface area contributed by atoms with Gasteiger partial charge in [0, 0.05) is 0 Å². The van der Waals surface area contributed by atoms with Crippen LogP contribution in [-0.2, 0) is 6.61 Å². The van der Waals surface area contributed by atoms with E-state index in [1.807, 2.05) is 12.1 Å². The Kier molecular flexibility index (Phi) is 5.10. The summed E-state index contributed by atoms with van der Waals surface area (Å²) in [6.45, 7) is 0.356. The van der Waals surface area contributed by atoms with E-state index in [4.69, 9.17) is 4.74 Å². The molecular weight excluding hydrogens is 325 g/mol. The molecule has 0 aliphatic heterocycles. The van der Waals surface area contributed by atoms with Crippen LogP contribution in [0.2, 0.25) is 0 Å². The van der Waals surface area contributed by atoms with Crippen molar-refractivity contribution in [3.05, 3.63) is 82.0 Å². The molecule has 3 rings (SSSR count). The zero-order valence-corrected chi connectivity index (χ0v) is 13.0. The van der Waals surface area contributed by atoms with Crippen molar-refractivity contribution in [2.75, 3.05) is 5.43 Å². The second-order valence-electron chi connectivity index (χ2n) is 5.04. The topological polar surface area (TPSA) is 92.3 Å². The Balaban J connectivity index is 1.53. The maximum absolute atomic E-state index is 12.8. The zero-order chi connectivity index (χ0) is 17.5. The third-order valence-corrected chi connectivity index (χ3v) is 3.16. The highest BCUT2D eigenvalue weighted by atomic mass is 19.1. The first-order valence-electron chi connectivity index (χ1n) is 7.37. The van der Waals surface area contributed by atoms with E-state index >= 15 is 0 Å². The molecular formula is C17H14FN5O2. The molecule has 8 heteroatoms. The summed E-state index contributed by atoms with van der Waals surface area (Å²) in [5, 5.41) is 11.1. The summed E-state index contributed by atoms with van der Waals surface area (Å²) in [5.41, 5.74) is 3.92. The van der Waals surface area contributed by atoms with Crippen LogP contribution in [0.25, 0.3) is 0 Å². The third-order valence-electron chi connectivity index (χ3n) is 3.16. The molecule has 2 N–H and O–H groups in total. The van der Waals surface area contributed by atoms with Gasteiger partial charge in [0.2, 0.25) is 5.95 Å². The predicted octanol–water partition coefficient (Wildman–Crippen LogP) is 2.33. The van der Waals surface area contributed by atoms with Crippen LogP contribution in [0.5, 0.6) is 5.75 Å². The molecule has 25 heavy (non-hydrogen) atoms. The molecule has 2 aromatic carbocycles. The molecule has 0 bridgehead atoms. The Morgan fingerprint density at radius 1 is 1.16 bits per heavy atom. The van der Waals surface area contributed by atoms with Gasteiger partial charge in [0.1, 0.15) is 24.4 Å². The van der Waals surface area contributed by atoms with Crippen molar-refractivity contribution < 1.29 is 9.13 Å². The number of aromatic nitrogens is 3. The van der Waals surface area contributed by atoms with Gasteiger partial charge >= 0.3 is 0 Å². The van der Waals surface area contributed by atoms with Crippen LogP contribution in [0.1, 0.15) is 11.1 Å². The summed E-state index contributed by atoms with van der Waals surface area (Å²) in [6, 6.07) is 13.4. The fourth-order valence-electron chi connectivity index (χ4n) is 1.93. The smallest absolute Gasteiger partial charge is 0.271 e. The van der Waals surface area contributed by atoms with Gasteiger partial charge in [-0.3, -0.25) is 9.78 Å². The molecule has 0 aliphatic rings. The highest BCUT2D eigenvalue weighted by molar-refractivity contribution is 5.80. The summed E-state index contributed by atoms with van der Waals surface area (Å²) >= 11 is 0. The van der Waals surface area contributed by atoms with E-state index in [0.717, 1.165) is 17.3 Å². The van der Waals surface area contributed by atoms with E-state index in [9.17, 15) is 9.18 Å². The summed E-state index contributed by atoms with van der Waals surface area (Å²) in [7, 11) is 0. The van der Waals surface area contributed by atoms with Gasteiger partial charge in [-0.15, -0.1) is 10.2 Å². The number of ether oxygens (including phenoxy) is 1. The van der Waals surface area contributed by atoms with Crippen molar-refractivity contribution in [1.82, 2.24) is 15.2 Å². The van der Waals surface area contributed by atoms with E-state index in [1.54, 1.807) is 30.5 Å². The summed E-state index contributed by atoms with van der Waals surface area (Å²) in [5.74, 6) is 0.572. The lowest BCUT2D eigenvalue weighted by Gasteiger charge is -2.06. The Hall–Kier alpha value is -3.55. The number of nitrogens with one attached hydrogen (secondary N) is 2. The van der Waals surface area contributed by atoms with Crippen molar-refractivity contribution in [2.24, 2.45) is 5.10 Å². The second-order valence-corrected chi connectivity index (χ2v) is 5.04. The number of nitrogens with zero attached hydrogens (tertiary/aromatic N) is 3. The number of aromatic amines is 1. The van der Waals surface area contributed by atoms with Crippen LogP contribution in [-0.4, -0.2) is 21.4 Å². The van der Waals surface area contributed by atoms with Gasteiger partial charge in [0.15, 0.2) is 0 Å². The zero-order valence-electron chi connectivity index (χ0n) is 13.0. The normalized spacial score (nSPS) is 10.8. The molecule has 0 aliphatic carbocycles. The Morgan fingerprint density at radius 2 is 1.92 bits per heavy atom. The second kappa shape index (κ2) is 7.82. The summed E-state index contributed by atoms with van der Waals surface area (Å²) in [4.78, 5) is 13.5. The molecule has 0 atom stereocenters. The van der Waals surface area contributed by atoms with Gasteiger partial charge in [0.05, 0.1) is 6.21 Å². The highest BCUT2D eigenvalue weighted by Gasteiger charge is 1.98. The Morgan fingerprint density at radius 3 is 2.64 bits per heavy atom. The highest BCUT2D eigenvalue weighted by Crippen LogP contribution is 2.14. The first-order chi connectivity index (χ1) is 12.2. The van der Waals surface area contributed by atoms with E-state index in [-0.39, 0.29) is 17.3 Å². The number of halogens is 1. The van der Waals surface area contributed by atoms with Crippen molar-refractivity contribution in [2.45, 2.75) is 6.61 Å². The molecule has 0 radical (unpaired) electrons. The molecule has 0 unspecified atom stereocenters. The SMILES string of the molecule is O=c1cnnc(N/N=C/c2ccc(OCc3ccc(F)cc3)cc2)[nH]1. The maximum Gasteiger partial charge on any atom is 0.271 e. The Labute approximate surface area is 142 Å². The lowest BCUT2D eigenvalue weighted by molar-refractivity contribution is 0.306. The average molecular weight is 339 g/mol. The molecule has 0 amide bonds. The lowest BCUT2D eigenvalue weighted by atomic mass is 10.2. The molecule has 7 nitrogen and oxygen atoms in total. The number of hydrogen-bond donors (Lipinski definition) is 2. The monoisotopic (exact) mass is 339 g/mol. The maximum atomic E-state index is 12.8. The molecule has 1 heterocycles. The molecule has 0 spiro atoms. The van der Waals surface area contributed by atoms with Crippen molar-refractivity contribution in [3.63, 3.8) is 0 Å². The minimum Gasteiger partial charge on any atom is -0.489 e. The van der Waals surface area contributed by atoms with Gasteiger partial charge in [-0.1, -0.05) is 12.1 Å². The number of rotatable bonds is 6. The minimum absolute atomic E-state index is 0.156. The fraction of sp³-hybridized carbons (Fsp3) is 0.0588. The third kappa shape index (κ3) is 4.96. The van der Waals surface area contributed by atoms with Crippen molar-refractivity contribution in [3.8, 4) is 5.75 Å². The number of H-pyrrole nitrogens is 1. The molecule has 3 aromatic rings. The number of anilines is 1. The van der Waals surface area contributed by atoms with E-state index in [2.05, 4.69) is 25.7 Å². The van der Waals surface area contributed by atoms with E-state index in [1.165, 1.54) is 12.1 Å². The summed E-state index contributed by atoms with van der Waals surface area (Å²) in [6.07, 6.45) is 2.64. The van der Waals surface area contributed by atoms with Crippen LogP contribution in [0, 0.1) is 5.82 Å². The fourth-order valence-corrected chi connectivity index (χ4v) is 1.93. The van der Waals surface area contributed by atoms with Gasteiger partial charge in [-0.2, -0.15) is 5.10 Å². The lowest BCUT2D eigenvalue weighted by Crippen LogP contribution is -2.10. The average Bonchev–Trinajstić information content (AvgIpc) is 2.62. The molecule has 0 saturated heterocycles. The summed E-state index contributed by atoms with van der Waals surface area (Å²) < 4.78 is 18.5. The minimum atomic E-state index is -0.365. The molecule has 1 aromatic heterocycles. The van der Waals surface area contributed by atoms with Gasteiger partial charge < -0.3 is 4.74 Å². The van der Waals surface area contributed by atoms with Gasteiger partial charge in [-0.25, -0.2) is 9.82 Å². The van der Waals surface area contributed by atoms with Crippen molar-refractivity contribution >= 4 is 12.2 Å². The first-order valence-corrected chi connectivity index (χ1v) is 7.37. The number of hydrazone groups is 1. The Bertz CT molecular complexity index is 907. The van der Waals surface area contributed by atoms with Crippen LogP contribution < -0.4 is 15.7 Å². The number of benzene rings is 2. The molecule has 0 fully saturated rings. The molecule has 126 valence electrons. The first kappa shape index (κ1) is 16.3.